The summed E-state index contributed by atoms with van der Waals surface area (Å²) in [5, 5.41) is 6.76. The number of nitrogens with zero attached hydrogens (tertiary/aromatic N) is 2. The highest BCUT2D eigenvalue weighted by atomic mass is 79.9. The minimum absolute atomic E-state index is 0.246. The molecule has 6 heteroatoms. The van der Waals surface area contributed by atoms with Crippen LogP contribution in [0, 0.1) is 12.7 Å². The van der Waals surface area contributed by atoms with Crippen LogP contribution in [0.1, 0.15) is 18.5 Å². The van der Waals surface area contributed by atoms with Crippen molar-refractivity contribution in [2.45, 2.75) is 19.9 Å². The molecule has 1 unspecified atom stereocenters. The largest absolute Gasteiger partial charge is 0.324 e. The lowest BCUT2D eigenvalue weighted by molar-refractivity contribution is -0.119. The summed E-state index contributed by atoms with van der Waals surface area (Å²) in [7, 11) is 0. The fourth-order valence-electron chi connectivity index (χ4n) is 1.61. The van der Waals surface area contributed by atoms with Crippen molar-refractivity contribution in [3.63, 3.8) is 0 Å². The van der Waals surface area contributed by atoms with Gasteiger partial charge in [-0.15, -0.1) is 0 Å². The number of hydrogen-bond acceptors (Lipinski definition) is 2. The molecule has 0 fully saturated rings. The van der Waals surface area contributed by atoms with Gasteiger partial charge in [0.2, 0.25) is 5.91 Å². The lowest BCUT2D eigenvalue weighted by atomic mass is 10.2. The second kappa shape index (κ2) is 5.52. The van der Waals surface area contributed by atoms with E-state index >= 15 is 0 Å². The first-order valence-electron chi connectivity index (χ1n) is 5.74. The molecule has 2 aromatic rings. The lowest BCUT2D eigenvalue weighted by Crippen LogP contribution is -2.24. The van der Waals surface area contributed by atoms with Gasteiger partial charge < -0.3 is 5.32 Å². The van der Waals surface area contributed by atoms with Crippen LogP contribution in [0.2, 0.25) is 0 Å². The number of carbonyl (C=O) groups excluding carboxylic acids is 1. The van der Waals surface area contributed by atoms with Crippen molar-refractivity contribution in [1.82, 2.24) is 9.78 Å². The smallest absolute Gasteiger partial charge is 0.248 e. The Morgan fingerprint density at radius 2 is 2.26 bits per heavy atom. The number of carbonyl (C=O) groups is 1. The molecule has 0 aliphatic rings. The van der Waals surface area contributed by atoms with Crippen LogP contribution in [-0.4, -0.2) is 15.7 Å². The van der Waals surface area contributed by atoms with Crippen molar-refractivity contribution < 1.29 is 9.18 Å². The Hall–Kier alpha value is -1.69. The molecule has 0 saturated heterocycles. The quantitative estimate of drug-likeness (QED) is 0.941. The fraction of sp³-hybridized carbons (Fsp3) is 0.231. The summed E-state index contributed by atoms with van der Waals surface area (Å²) in [6.07, 6.45) is 3.32. The molecule has 0 aliphatic heterocycles. The molecule has 1 atom stereocenters. The van der Waals surface area contributed by atoms with Crippen LogP contribution in [-0.2, 0) is 4.79 Å². The first kappa shape index (κ1) is 13.7. The molecular formula is C13H13BrFN3O. The van der Waals surface area contributed by atoms with Crippen molar-refractivity contribution >= 4 is 27.5 Å². The molecule has 100 valence electrons. The zero-order valence-electron chi connectivity index (χ0n) is 10.5. The van der Waals surface area contributed by atoms with E-state index in [0.717, 1.165) is 10.0 Å². The highest BCUT2D eigenvalue weighted by Crippen LogP contribution is 2.18. The van der Waals surface area contributed by atoms with Gasteiger partial charge in [-0.2, -0.15) is 5.10 Å². The number of aryl methyl sites for hydroxylation is 1. The molecule has 0 radical (unpaired) electrons. The van der Waals surface area contributed by atoms with E-state index in [1.165, 1.54) is 16.8 Å². The second-order valence-electron chi connectivity index (χ2n) is 4.26. The molecule has 0 spiro atoms. The van der Waals surface area contributed by atoms with Crippen LogP contribution in [0.15, 0.2) is 35.1 Å². The molecule has 0 bridgehead atoms. The molecule has 1 amide bonds. The molecule has 0 saturated carbocycles. The number of anilines is 1. The van der Waals surface area contributed by atoms with Gasteiger partial charge in [0.15, 0.2) is 0 Å². The summed E-state index contributed by atoms with van der Waals surface area (Å²) in [6, 6.07) is 3.81. The number of aromatic nitrogens is 2. The number of hydrogen-bond donors (Lipinski definition) is 1. The van der Waals surface area contributed by atoms with E-state index in [1.807, 2.05) is 6.92 Å². The maximum Gasteiger partial charge on any atom is 0.248 e. The van der Waals surface area contributed by atoms with Gasteiger partial charge >= 0.3 is 0 Å². The van der Waals surface area contributed by atoms with E-state index < -0.39 is 6.04 Å². The monoisotopic (exact) mass is 325 g/mol. The lowest BCUT2D eigenvalue weighted by Gasteiger charge is -2.14. The first-order chi connectivity index (χ1) is 8.97. The van der Waals surface area contributed by atoms with E-state index in [2.05, 4.69) is 26.3 Å². The van der Waals surface area contributed by atoms with Crippen LogP contribution >= 0.6 is 15.9 Å². The number of nitrogens with one attached hydrogen (secondary N) is 1. The van der Waals surface area contributed by atoms with Crippen molar-refractivity contribution in [2.24, 2.45) is 0 Å². The minimum Gasteiger partial charge on any atom is -0.324 e. The van der Waals surface area contributed by atoms with Gasteiger partial charge in [0.05, 0.1) is 10.7 Å². The molecular weight excluding hydrogens is 313 g/mol. The van der Waals surface area contributed by atoms with Crippen LogP contribution in [0.3, 0.4) is 0 Å². The van der Waals surface area contributed by atoms with Crippen LogP contribution in [0.4, 0.5) is 10.1 Å². The minimum atomic E-state index is -0.478. The van der Waals surface area contributed by atoms with Crippen LogP contribution in [0.5, 0.6) is 0 Å². The summed E-state index contributed by atoms with van der Waals surface area (Å²) in [4.78, 5) is 12.1. The Bertz CT molecular complexity index is 612. The predicted octanol–water partition coefficient (Wildman–Crippen LogP) is 3.29. The number of amides is 1. The Kier molecular flexibility index (Phi) is 3.99. The average Bonchev–Trinajstić information content (AvgIpc) is 2.79. The maximum absolute atomic E-state index is 13.1. The Morgan fingerprint density at radius 3 is 2.89 bits per heavy atom. The third kappa shape index (κ3) is 3.20. The normalized spacial score (nSPS) is 12.2. The van der Waals surface area contributed by atoms with Crippen molar-refractivity contribution in [2.75, 3.05) is 5.32 Å². The van der Waals surface area contributed by atoms with Gasteiger partial charge in [0.25, 0.3) is 0 Å². The third-order valence-corrected chi connectivity index (χ3v) is 3.21. The summed E-state index contributed by atoms with van der Waals surface area (Å²) in [6.45, 7) is 3.54. The van der Waals surface area contributed by atoms with E-state index in [4.69, 9.17) is 0 Å². The summed E-state index contributed by atoms with van der Waals surface area (Å²) >= 11 is 3.27. The Morgan fingerprint density at radius 1 is 1.53 bits per heavy atom. The van der Waals surface area contributed by atoms with Gasteiger partial charge in [0, 0.05) is 11.9 Å². The number of halogens is 2. The number of benzene rings is 1. The molecule has 0 aliphatic carbocycles. The van der Waals surface area contributed by atoms with Gasteiger partial charge in [-0.3, -0.25) is 9.48 Å². The second-order valence-corrected chi connectivity index (χ2v) is 5.18. The molecule has 2 rings (SSSR count). The third-order valence-electron chi connectivity index (χ3n) is 2.80. The van der Waals surface area contributed by atoms with Crippen molar-refractivity contribution in [1.29, 1.82) is 0 Å². The maximum atomic E-state index is 13.1. The summed E-state index contributed by atoms with van der Waals surface area (Å²) in [5.41, 5.74) is 1.28. The van der Waals surface area contributed by atoms with Gasteiger partial charge in [0.1, 0.15) is 11.9 Å². The summed E-state index contributed by atoms with van der Waals surface area (Å²) in [5.74, 6) is -0.625. The standard InChI is InChI=1S/C13H13BrFN3O/c1-8-3-4-11(15)5-12(8)17-13(19)9(2)18-7-10(14)6-16-18/h3-7,9H,1-2H3,(H,17,19). The average molecular weight is 326 g/mol. The highest BCUT2D eigenvalue weighted by Gasteiger charge is 2.16. The highest BCUT2D eigenvalue weighted by molar-refractivity contribution is 9.10. The molecule has 1 heterocycles. The molecule has 1 aromatic carbocycles. The summed E-state index contributed by atoms with van der Waals surface area (Å²) < 4.78 is 15.5. The predicted molar refractivity (Wildman–Crippen MR) is 74.4 cm³/mol. The van der Waals surface area contributed by atoms with E-state index in [-0.39, 0.29) is 11.7 Å². The number of rotatable bonds is 3. The van der Waals surface area contributed by atoms with Crippen LogP contribution < -0.4 is 5.32 Å². The van der Waals surface area contributed by atoms with Gasteiger partial charge in [-0.05, 0) is 47.5 Å². The Labute approximate surface area is 118 Å². The fourth-order valence-corrected chi connectivity index (χ4v) is 1.91. The Balaban J connectivity index is 2.14. The van der Waals surface area contributed by atoms with Gasteiger partial charge in [-0.1, -0.05) is 6.07 Å². The first-order valence-corrected chi connectivity index (χ1v) is 6.53. The van der Waals surface area contributed by atoms with Gasteiger partial charge in [-0.25, -0.2) is 4.39 Å². The van der Waals surface area contributed by atoms with E-state index in [1.54, 1.807) is 25.4 Å². The topological polar surface area (TPSA) is 46.9 Å². The molecule has 1 N–H and O–H groups in total. The van der Waals surface area contributed by atoms with E-state index in [9.17, 15) is 9.18 Å². The molecule has 1 aromatic heterocycles. The van der Waals surface area contributed by atoms with Crippen LogP contribution in [0.25, 0.3) is 0 Å². The molecule has 4 nitrogen and oxygen atoms in total. The van der Waals surface area contributed by atoms with Crippen molar-refractivity contribution in [3.05, 3.63) is 46.4 Å². The van der Waals surface area contributed by atoms with E-state index in [0.29, 0.717) is 5.69 Å². The van der Waals surface area contributed by atoms with Crippen molar-refractivity contribution in [3.8, 4) is 0 Å². The SMILES string of the molecule is Cc1ccc(F)cc1NC(=O)C(C)n1cc(Br)cn1. The zero-order chi connectivity index (χ0) is 14.0. The zero-order valence-corrected chi connectivity index (χ0v) is 12.1. The molecule has 19 heavy (non-hydrogen) atoms.